The van der Waals surface area contributed by atoms with E-state index < -0.39 is 0 Å². The van der Waals surface area contributed by atoms with Gasteiger partial charge in [0.05, 0.1) is 5.41 Å². The lowest BCUT2D eigenvalue weighted by molar-refractivity contribution is -0.129. The molecule has 0 aromatic carbocycles. The number of rotatable bonds is 2. The summed E-state index contributed by atoms with van der Waals surface area (Å²) in [6.07, 6.45) is 11.6. The Balaban J connectivity index is 2.34. The van der Waals surface area contributed by atoms with Crippen LogP contribution in [0.15, 0.2) is 23.8 Å². The van der Waals surface area contributed by atoms with Gasteiger partial charge < -0.3 is 5.73 Å². The van der Waals surface area contributed by atoms with Gasteiger partial charge in [0, 0.05) is 0 Å². The van der Waals surface area contributed by atoms with Gasteiger partial charge in [-0.2, -0.15) is 0 Å². The Hall–Kier alpha value is -1.05. The zero-order valence-corrected chi connectivity index (χ0v) is 9.33. The second-order valence-corrected chi connectivity index (χ2v) is 4.81. The molecule has 0 saturated heterocycles. The Morgan fingerprint density at radius 3 is 2.87 bits per heavy atom. The van der Waals surface area contributed by atoms with Crippen molar-refractivity contribution in [1.29, 1.82) is 0 Å². The van der Waals surface area contributed by atoms with E-state index in [1.54, 1.807) is 0 Å². The predicted molar refractivity (Wildman–Crippen MR) is 61.1 cm³/mol. The lowest BCUT2D eigenvalue weighted by atomic mass is 9.62. The molecule has 2 nitrogen and oxygen atoms in total. The first kappa shape index (κ1) is 10.5. The maximum Gasteiger partial charge on any atom is 0.228 e. The maximum atomic E-state index is 11.8. The summed E-state index contributed by atoms with van der Waals surface area (Å²) in [7, 11) is 0. The highest BCUT2D eigenvalue weighted by atomic mass is 16.1. The summed E-state index contributed by atoms with van der Waals surface area (Å²) in [5, 5.41) is 0. The average molecular weight is 205 g/mol. The SMILES string of the molecule is CC1CCCCC1(C(N)=O)C1=CC=CC1. The zero-order valence-electron chi connectivity index (χ0n) is 9.33. The fourth-order valence-corrected chi connectivity index (χ4v) is 3.13. The summed E-state index contributed by atoms with van der Waals surface area (Å²) in [6, 6.07) is 0. The highest BCUT2D eigenvalue weighted by Gasteiger charge is 2.46. The molecule has 2 aliphatic carbocycles. The second-order valence-electron chi connectivity index (χ2n) is 4.81. The average Bonchev–Trinajstić information content (AvgIpc) is 2.71. The summed E-state index contributed by atoms with van der Waals surface area (Å²) < 4.78 is 0. The van der Waals surface area contributed by atoms with Crippen molar-refractivity contribution in [1.82, 2.24) is 0 Å². The van der Waals surface area contributed by atoms with Crippen LogP contribution in [0.25, 0.3) is 0 Å². The minimum atomic E-state index is -0.345. The topological polar surface area (TPSA) is 43.1 Å². The normalized spacial score (nSPS) is 35.3. The van der Waals surface area contributed by atoms with E-state index in [4.69, 9.17) is 5.73 Å². The van der Waals surface area contributed by atoms with E-state index >= 15 is 0 Å². The van der Waals surface area contributed by atoms with Crippen molar-refractivity contribution >= 4 is 5.91 Å². The molecule has 1 saturated carbocycles. The van der Waals surface area contributed by atoms with E-state index in [0.717, 1.165) is 25.7 Å². The Morgan fingerprint density at radius 1 is 1.53 bits per heavy atom. The molecular weight excluding hydrogens is 186 g/mol. The Morgan fingerprint density at radius 2 is 2.33 bits per heavy atom. The largest absolute Gasteiger partial charge is 0.369 e. The number of primary amides is 1. The van der Waals surface area contributed by atoms with Gasteiger partial charge in [0.1, 0.15) is 0 Å². The molecule has 1 amide bonds. The van der Waals surface area contributed by atoms with Crippen molar-refractivity contribution in [3.63, 3.8) is 0 Å². The first-order chi connectivity index (χ1) is 7.18. The van der Waals surface area contributed by atoms with Crippen LogP contribution in [0.5, 0.6) is 0 Å². The monoisotopic (exact) mass is 205 g/mol. The molecule has 0 radical (unpaired) electrons. The van der Waals surface area contributed by atoms with Gasteiger partial charge in [-0.15, -0.1) is 0 Å². The standard InChI is InChI=1S/C13H19NO/c1-10-6-4-5-9-13(10,12(14)15)11-7-2-3-8-11/h2-3,7,10H,4-6,8-9H2,1H3,(H2,14,15). The Kier molecular flexibility index (Phi) is 2.68. The van der Waals surface area contributed by atoms with Crippen molar-refractivity contribution in [2.75, 3.05) is 0 Å². The Bertz CT molecular complexity index is 329. The van der Waals surface area contributed by atoms with Gasteiger partial charge in [-0.25, -0.2) is 0 Å². The van der Waals surface area contributed by atoms with Crippen molar-refractivity contribution in [3.05, 3.63) is 23.8 Å². The number of carbonyl (C=O) groups is 1. The number of allylic oxidation sites excluding steroid dienone is 3. The minimum Gasteiger partial charge on any atom is -0.369 e. The quantitative estimate of drug-likeness (QED) is 0.739. The summed E-state index contributed by atoms with van der Waals surface area (Å²) >= 11 is 0. The van der Waals surface area contributed by atoms with Crippen molar-refractivity contribution in [3.8, 4) is 0 Å². The van der Waals surface area contributed by atoms with E-state index in [9.17, 15) is 4.79 Å². The summed E-state index contributed by atoms with van der Waals surface area (Å²) in [5.41, 5.74) is 6.56. The number of hydrogen-bond acceptors (Lipinski definition) is 1. The van der Waals surface area contributed by atoms with Gasteiger partial charge in [-0.3, -0.25) is 4.79 Å². The minimum absolute atomic E-state index is 0.121. The van der Waals surface area contributed by atoms with E-state index in [1.165, 1.54) is 12.0 Å². The summed E-state index contributed by atoms with van der Waals surface area (Å²) in [6.45, 7) is 2.17. The van der Waals surface area contributed by atoms with Crippen LogP contribution in [0.2, 0.25) is 0 Å². The lowest BCUT2D eigenvalue weighted by Gasteiger charge is -2.41. The molecule has 2 rings (SSSR count). The molecule has 1 fully saturated rings. The molecule has 0 aromatic rings. The molecule has 2 heteroatoms. The zero-order chi connectivity index (χ0) is 10.9. The van der Waals surface area contributed by atoms with Gasteiger partial charge in [0.2, 0.25) is 5.91 Å². The highest BCUT2D eigenvalue weighted by Crippen LogP contribution is 2.48. The highest BCUT2D eigenvalue weighted by molar-refractivity contribution is 5.85. The fourth-order valence-electron chi connectivity index (χ4n) is 3.13. The third-order valence-electron chi connectivity index (χ3n) is 4.08. The van der Waals surface area contributed by atoms with E-state index in [0.29, 0.717) is 5.92 Å². The molecule has 0 spiro atoms. The van der Waals surface area contributed by atoms with Gasteiger partial charge in [-0.05, 0) is 25.2 Å². The van der Waals surface area contributed by atoms with Crippen molar-refractivity contribution in [2.45, 2.75) is 39.0 Å². The van der Waals surface area contributed by atoms with Gasteiger partial charge in [0.15, 0.2) is 0 Å². The van der Waals surface area contributed by atoms with Gasteiger partial charge in [-0.1, -0.05) is 43.6 Å². The first-order valence-electron chi connectivity index (χ1n) is 5.84. The van der Waals surface area contributed by atoms with Crippen LogP contribution >= 0.6 is 0 Å². The summed E-state index contributed by atoms with van der Waals surface area (Å²) in [5.74, 6) is 0.277. The van der Waals surface area contributed by atoms with E-state index in [2.05, 4.69) is 19.1 Å². The second kappa shape index (κ2) is 3.84. The number of carbonyl (C=O) groups excluding carboxylic acids is 1. The van der Waals surface area contributed by atoms with Crippen molar-refractivity contribution in [2.24, 2.45) is 17.1 Å². The third-order valence-corrected chi connectivity index (χ3v) is 4.08. The third kappa shape index (κ3) is 1.52. The maximum absolute atomic E-state index is 11.8. The van der Waals surface area contributed by atoms with E-state index in [1.807, 2.05) is 6.08 Å². The Labute approximate surface area is 91.2 Å². The molecule has 0 heterocycles. The number of nitrogens with two attached hydrogens (primary N) is 1. The molecule has 82 valence electrons. The molecule has 0 aliphatic heterocycles. The van der Waals surface area contributed by atoms with Crippen molar-refractivity contribution < 1.29 is 4.79 Å². The van der Waals surface area contributed by atoms with Crippen LogP contribution in [0.1, 0.15) is 39.0 Å². The van der Waals surface area contributed by atoms with Crippen LogP contribution in [-0.4, -0.2) is 5.91 Å². The summed E-state index contributed by atoms with van der Waals surface area (Å²) in [4.78, 5) is 11.8. The number of hydrogen-bond donors (Lipinski definition) is 1. The van der Waals surface area contributed by atoms with E-state index in [-0.39, 0.29) is 11.3 Å². The molecular formula is C13H19NO. The van der Waals surface area contributed by atoms with Crippen LogP contribution in [0, 0.1) is 11.3 Å². The van der Waals surface area contributed by atoms with Gasteiger partial charge >= 0.3 is 0 Å². The van der Waals surface area contributed by atoms with Gasteiger partial charge in [0.25, 0.3) is 0 Å². The number of amides is 1. The fraction of sp³-hybridized carbons (Fsp3) is 0.615. The molecule has 0 aromatic heterocycles. The first-order valence-corrected chi connectivity index (χ1v) is 5.84. The molecule has 2 N–H and O–H groups in total. The smallest absolute Gasteiger partial charge is 0.228 e. The van der Waals surface area contributed by atoms with Crippen LogP contribution in [0.3, 0.4) is 0 Å². The molecule has 0 bridgehead atoms. The molecule has 2 unspecified atom stereocenters. The van der Waals surface area contributed by atoms with Crippen LogP contribution < -0.4 is 5.73 Å². The lowest BCUT2D eigenvalue weighted by Crippen LogP contribution is -2.45. The molecule has 15 heavy (non-hydrogen) atoms. The predicted octanol–water partition coefficient (Wildman–Crippen LogP) is 2.55. The molecule has 2 aliphatic rings. The van der Waals surface area contributed by atoms with Crippen LogP contribution in [-0.2, 0) is 4.79 Å². The molecule has 2 atom stereocenters. The van der Waals surface area contributed by atoms with Crippen LogP contribution in [0.4, 0.5) is 0 Å².